The van der Waals surface area contributed by atoms with E-state index in [0.29, 0.717) is 6.61 Å². The topological polar surface area (TPSA) is 21.3 Å². The summed E-state index contributed by atoms with van der Waals surface area (Å²) in [4.78, 5) is 0. The first-order valence-corrected chi connectivity index (χ1v) is 7.67. The van der Waals surface area contributed by atoms with Crippen LogP contribution in [0.2, 0.25) is 5.02 Å². The number of hydrogen-bond acceptors (Lipinski definition) is 2. The highest BCUT2D eigenvalue weighted by Gasteiger charge is 2.13. The van der Waals surface area contributed by atoms with Gasteiger partial charge in [-0.2, -0.15) is 0 Å². The van der Waals surface area contributed by atoms with Crippen LogP contribution in [0.15, 0.2) is 42.5 Å². The number of hydrogen-bond donors (Lipinski definition) is 1. The second-order valence-corrected chi connectivity index (χ2v) is 5.67. The predicted octanol–water partition coefficient (Wildman–Crippen LogP) is 4.69. The Morgan fingerprint density at radius 3 is 2.43 bits per heavy atom. The van der Waals surface area contributed by atoms with Crippen LogP contribution in [0.5, 0.6) is 5.75 Å². The molecule has 1 N–H and O–H groups in total. The number of nitrogens with one attached hydrogen (secondary N) is 1. The lowest BCUT2D eigenvalue weighted by Crippen LogP contribution is -2.27. The standard InChI is InChI=1S/C18H22ClNO/c1-4-20-18(17-10-5-13(2)11-14(17)3)12-21-16-8-6-15(19)7-9-16/h5-11,18,20H,4,12H2,1-3H3. The quantitative estimate of drug-likeness (QED) is 0.836. The molecule has 0 heterocycles. The van der Waals surface area contributed by atoms with E-state index >= 15 is 0 Å². The van der Waals surface area contributed by atoms with Gasteiger partial charge in [-0.15, -0.1) is 0 Å². The van der Waals surface area contributed by atoms with Gasteiger partial charge in [-0.25, -0.2) is 0 Å². The van der Waals surface area contributed by atoms with E-state index in [4.69, 9.17) is 16.3 Å². The summed E-state index contributed by atoms with van der Waals surface area (Å²) >= 11 is 5.89. The van der Waals surface area contributed by atoms with Gasteiger partial charge in [0.05, 0.1) is 6.04 Å². The molecule has 2 rings (SSSR count). The zero-order valence-electron chi connectivity index (χ0n) is 12.8. The van der Waals surface area contributed by atoms with Gasteiger partial charge >= 0.3 is 0 Å². The van der Waals surface area contributed by atoms with Gasteiger partial charge in [0.25, 0.3) is 0 Å². The zero-order chi connectivity index (χ0) is 15.2. The van der Waals surface area contributed by atoms with Crippen molar-refractivity contribution in [2.75, 3.05) is 13.2 Å². The molecule has 0 saturated heterocycles. The Morgan fingerprint density at radius 2 is 1.81 bits per heavy atom. The Kier molecular flexibility index (Phi) is 5.66. The SMILES string of the molecule is CCNC(COc1ccc(Cl)cc1)c1ccc(C)cc1C. The third-order valence-electron chi connectivity index (χ3n) is 3.48. The summed E-state index contributed by atoms with van der Waals surface area (Å²) in [6.07, 6.45) is 0. The summed E-state index contributed by atoms with van der Waals surface area (Å²) < 4.78 is 5.89. The molecule has 1 atom stereocenters. The Labute approximate surface area is 132 Å². The van der Waals surface area contributed by atoms with Gasteiger partial charge in [0.1, 0.15) is 12.4 Å². The summed E-state index contributed by atoms with van der Waals surface area (Å²) in [5.74, 6) is 0.840. The van der Waals surface area contributed by atoms with E-state index in [1.54, 1.807) is 0 Å². The summed E-state index contributed by atoms with van der Waals surface area (Å²) in [6.45, 7) is 7.87. The third kappa shape index (κ3) is 4.48. The van der Waals surface area contributed by atoms with E-state index in [-0.39, 0.29) is 6.04 Å². The number of rotatable bonds is 6. The van der Waals surface area contributed by atoms with Crippen LogP contribution in [0.25, 0.3) is 0 Å². The van der Waals surface area contributed by atoms with Crippen molar-refractivity contribution in [3.63, 3.8) is 0 Å². The Hall–Kier alpha value is -1.51. The molecule has 112 valence electrons. The Balaban J connectivity index is 2.09. The van der Waals surface area contributed by atoms with Crippen LogP contribution in [0.3, 0.4) is 0 Å². The van der Waals surface area contributed by atoms with E-state index < -0.39 is 0 Å². The first-order chi connectivity index (χ1) is 10.1. The van der Waals surface area contributed by atoms with Crippen LogP contribution >= 0.6 is 11.6 Å². The van der Waals surface area contributed by atoms with Crippen molar-refractivity contribution < 1.29 is 4.74 Å². The molecule has 0 bridgehead atoms. The molecule has 0 aromatic heterocycles. The Bertz CT molecular complexity index is 580. The minimum absolute atomic E-state index is 0.186. The monoisotopic (exact) mass is 303 g/mol. The van der Waals surface area contributed by atoms with Crippen LogP contribution in [0, 0.1) is 13.8 Å². The summed E-state index contributed by atoms with van der Waals surface area (Å²) in [6, 6.07) is 14.2. The molecule has 0 fully saturated rings. The van der Waals surface area contributed by atoms with Crippen LogP contribution in [0.1, 0.15) is 29.7 Å². The van der Waals surface area contributed by atoms with Crippen LogP contribution in [-0.2, 0) is 0 Å². The molecular weight excluding hydrogens is 282 g/mol. The number of likely N-dealkylation sites (N-methyl/N-ethyl adjacent to an activating group) is 1. The summed E-state index contributed by atoms with van der Waals surface area (Å²) in [5.41, 5.74) is 3.86. The molecule has 21 heavy (non-hydrogen) atoms. The van der Waals surface area contributed by atoms with E-state index in [1.807, 2.05) is 24.3 Å². The molecule has 2 aromatic carbocycles. The van der Waals surface area contributed by atoms with Crippen molar-refractivity contribution in [2.45, 2.75) is 26.8 Å². The lowest BCUT2D eigenvalue weighted by Gasteiger charge is -2.21. The lowest BCUT2D eigenvalue weighted by atomic mass is 9.99. The van der Waals surface area contributed by atoms with E-state index in [2.05, 4.69) is 44.3 Å². The van der Waals surface area contributed by atoms with Crippen molar-refractivity contribution in [2.24, 2.45) is 0 Å². The normalized spacial score (nSPS) is 12.2. The van der Waals surface area contributed by atoms with E-state index in [1.165, 1.54) is 16.7 Å². The largest absolute Gasteiger partial charge is 0.492 e. The molecular formula is C18H22ClNO. The van der Waals surface area contributed by atoms with Gasteiger partial charge in [-0.05, 0) is 55.8 Å². The van der Waals surface area contributed by atoms with Gasteiger partial charge in [-0.1, -0.05) is 42.3 Å². The van der Waals surface area contributed by atoms with Crippen molar-refractivity contribution in [3.8, 4) is 5.75 Å². The number of halogens is 1. The number of ether oxygens (including phenoxy) is 1. The van der Waals surface area contributed by atoms with Crippen molar-refractivity contribution >= 4 is 11.6 Å². The van der Waals surface area contributed by atoms with Crippen LogP contribution in [0.4, 0.5) is 0 Å². The molecule has 0 aliphatic carbocycles. The van der Waals surface area contributed by atoms with Gasteiger partial charge in [0, 0.05) is 5.02 Å². The zero-order valence-corrected chi connectivity index (χ0v) is 13.6. The molecule has 2 aromatic rings. The molecule has 0 amide bonds. The van der Waals surface area contributed by atoms with E-state index in [9.17, 15) is 0 Å². The first-order valence-electron chi connectivity index (χ1n) is 7.29. The molecule has 0 spiro atoms. The second-order valence-electron chi connectivity index (χ2n) is 5.24. The lowest BCUT2D eigenvalue weighted by molar-refractivity contribution is 0.267. The molecule has 0 aliphatic rings. The minimum atomic E-state index is 0.186. The smallest absolute Gasteiger partial charge is 0.119 e. The first kappa shape index (κ1) is 15.9. The highest BCUT2D eigenvalue weighted by atomic mass is 35.5. The maximum Gasteiger partial charge on any atom is 0.119 e. The van der Waals surface area contributed by atoms with Gasteiger partial charge in [0.15, 0.2) is 0 Å². The second kappa shape index (κ2) is 7.48. The molecule has 0 radical (unpaired) electrons. The van der Waals surface area contributed by atoms with Crippen molar-refractivity contribution in [3.05, 3.63) is 64.2 Å². The average molecular weight is 304 g/mol. The average Bonchev–Trinajstić information content (AvgIpc) is 2.46. The fourth-order valence-electron chi connectivity index (χ4n) is 2.43. The van der Waals surface area contributed by atoms with E-state index in [0.717, 1.165) is 17.3 Å². The number of aryl methyl sites for hydroxylation is 2. The van der Waals surface area contributed by atoms with Crippen molar-refractivity contribution in [1.82, 2.24) is 5.32 Å². The van der Waals surface area contributed by atoms with Gasteiger partial charge in [0.2, 0.25) is 0 Å². The Morgan fingerprint density at radius 1 is 1.10 bits per heavy atom. The van der Waals surface area contributed by atoms with Crippen LogP contribution < -0.4 is 10.1 Å². The minimum Gasteiger partial charge on any atom is -0.492 e. The third-order valence-corrected chi connectivity index (χ3v) is 3.73. The molecule has 2 nitrogen and oxygen atoms in total. The maximum absolute atomic E-state index is 5.89. The fourth-order valence-corrected chi connectivity index (χ4v) is 2.56. The molecule has 3 heteroatoms. The highest BCUT2D eigenvalue weighted by Crippen LogP contribution is 2.21. The van der Waals surface area contributed by atoms with Crippen LogP contribution in [-0.4, -0.2) is 13.2 Å². The number of benzene rings is 2. The molecule has 1 unspecified atom stereocenters. The fraction of sp³-hybridized carbons (Fsp3) is 0.333. The summed E-state index contributed by atoms with van der Waals surface area (Å²) in [5, 5.41) is 4.21. The van der Waals surface area contributed by atoms with Gasteiger partial charge < -0.3 is 10.1 Å². The predicted molar refractivity (Wildman–Crippen MR) is 89.3 cm³/mol. The highest BCUT2D eigenvalue weighted by molar-refractivity contribution is 6.30. The van der Waals surface area contributed by atoms with Crippen molar-refractivity contribution in [1.29, 1.82) is 0 Å². The summed E-state index contributed by atoms with van der Waals surface area (Å²) in [7, 11) is 0. The molecule has 0 saturated carbocycles. The molecule has 0 aliphatic heterocycles. The maximum atomic E-state index is 5.89. The van der Waals surface area contributed by atoms with Gasteiger partial charge in [-0.3, -0.25) is 0 Å².